The van der Waals surface area contributed by atoms with Crippen LogP contribution in [0.3, 0.4) is 0 Å². The van der Waals surface area contributed by atoms with Gasteiger partial charge in [-0.25, -0.2) is 13.6 Å². The van der Waals surface area contributed by atoms with Gasteiger partial charge in [0.05, 0.1) is 29.6 Å². The third-order valence-corrected chi connectivity index (χ3v) is 3.33. The molecular formula is C18H19F2N3O4. The summed E-state index contributed by atoms with van der Waals surface area (Å²) in [6.45, 7) is 5.10. The first-order valence-corrected chi connectivity index (χ1v) is 7.93. The van der Waals surface area contributed by atoms with Crippen molar-refractivity contribution in [1.82, 2.24) is 9.97 Å². The average Bonchev–Trinajstić information content (AvgIpc) is 2.59. The normalized spacial score (nSPS) is 11.2. The number of carbonyl (C=O) groups excluding carboxylic acids is 2. The van der Waals surface area contributed by atoms with Crippen LogP contribution in [0, 0.1) is 0 Å². The van der Waals surface area contributed by atoms with Crippen LogP contribution in [0.4, 0.5) is 19.3 Å². The number of nitrogens with one attached hydrogen (secondary N) is 1. The van der Waals surface area contributed by atoms with Crippen LogP contribution in [0.25, 0.3) is 11.3 Å². The van der Waals surface area contributed by atoms with E-state index in [4.69, 9.17) is 9.47 Å². The van der Waals surface area contributed by atoms with E-state index in [0.29, 0.717) is 6.29 Å². The summed E-state index contributed by atoms with van der Waals surface area (Å²) in [4.78, 5) is 31.4. The summed E-state index contributed by atoms with van der Waals surface area (Å²) in [6, 6.07) is 2.49. The monoisotopic (exact) mass is 379 g/mol. The van der Waals surface area contributed by atoms with Gasteiger partial charge in [-0.05, 0) is 26.8 Å². The molecule has 0 fully saturated rings. The van der Waals surface area contributed by atoms with E-state index in [9.17, 15) is 18.4 Å². The second-order valence-corrected chi connectivity index (χ2v) is 6.48. The number of carbonyl (C=O) groups is 2. The Bertz CT molecular complexity index is 851. The molecule has 7 nitrogen and oxygen atoms in total. The van der Waals surface area contributed by atoms with Gasteiger partial charge in [0.1, 0.15) is 17.0 Å². The van der Waals surface area contributed by atoms with E-state index in [2.05, 4.69) is 15.3 Å². The minimum atomic E-state index is -2.77. The topological polar surface area (TPSA) is 90.4 Å². The minimum Gasteiger partial charge on any atom is -0.496 e. The van der Waals surface area contributed by atoms with Crippen molar-refractivity contribution in [3.8, 4) is 17.0 Å². The summed E-state index contributed by atoms with van der Waals surface area (Å²) in [5, 5.41) is 2.48. The maximum Gasteiger partial charge on any atom is 0.412 e. The molecule has 0 saturated heterocycles. The summed E-state index contributed by atoms with van der Waals surface area (Å²) in [7, 11) is 1.30. The number of hydrogen-bond acceptors (Lipinski definition) is 6. The molecule has 2 aromatic heterocycles. The van der Waals surface area contributed by atoms with E-state index < -0.39 is 23.8 Å². The second kappa shape index (κ2) is 8.07. The van der Waals surface area contributed by atoms with Crippen LogP contribution in [0.1, 0.15) is 43.2 Å². The molecule has 0 radical (unpaired) electrons. The number of ether oxygens (including phenoxy) is 2. The lowest BCUT2D eigenvalue weighted by Gasteiger charge is -2.20. The van der Waals surface area contributed by atoms with Gasteiger partial charge in [-0.2, -0.15) is 0 Å². The maximum absolute atomic E-state index is 12.9. The molecule has 2 heterocycles. The number of anilines is 1. The molecule has 2 rings (SSSR count). The number of rotatable bonds is 5. The van der Waals surface area contributed by atoms with Gasteiger partial charge >= 0.3 is 6.09 Å². The van der Waals surface area contributed by atoms with Crippen LogP contribution in [0.15, 0.2) is 24.5 Å². The zero-order chi connectivity index (χ0) is 20.2. The van der Waals surface area contributed by atoms with Crippen LogP contribution in [0.5, 0.6) is 5.75 Å². The van der Waals surface area contributed by atoms with Gasteiger partial charge in [-0.1, -0.05) is 0 Å². The van der Waals surface area contributed by atoms with Crippen LogP contribution in [-0.2, 0) is 4.74 Å². The Morgan fingerprint density at radius 1 is 1.30 bits per heavy atom. The van der Waals surface area contributed by atoms with E-state index in [-0.39, 0.29) is 28.3 Å². The summed E-state index contributed by atoms with van der Waals surface area (Å²) < 4.78 is 36.0. The molecule has 0 spiro atoms. The van der Waals surface area contributed by atoms with Crippen molar-refractivity contribution in [1.29, 1.82) is 0 Å². The lowest BCUT2D eigenvalue weighted by Crippen LogP contribution is -2.27. The number of pyridine rings is 2. The van der Waals surface area contributed by atoms with E-state index >= 15 is 0 Å². The predicted molar refractivity (Wildman–Crippen MR) is 94.2 cm³/mol. The van der Waals surface area contributed by atoms with Crippen molar-refractivity contribution in [2.45, 2.75) is 32.8 Å². The first-order valence-electron chi connectivity index (χ1n) is 7.93. The van der Waals surface area contributed by atoms with Gasteiger partial charge in [0.15, 0.2) is 6.29 Å². The summed E-state index contributed by atoms with van der Waals surface area (Å²) in [6.07, 6.45) is -0.523. The number of aromatic nitrogens is 2. The van der Waals surface area contributed by atoms with Gasteiger partial charge in [0.2, 0.25) is 0 Å². The second-order valence-electron chi connectivity index (χ2n) is 6.48. The third kappa shape index (κ3) is 4.96. The molecule has 9 heteroatoms. The molecule has 0 aromatic carbocycles. The van der Waals surface area contributed by atoms with Crippen molar-refractivity contribution in [2.24, 2.45) is 0 Å². The summed E-state index contributed by atoms with van der Waals surface area (Å²) in [5.74, 6) is 0.0744. The Labute approximate surface area is 154 Å². The molecule has 144 valence electrons. The molecule has 0 aliphatic heterocycles. The summed E-state index contributed by atoms with van der Waals surface area (Å²) >= 11 is 0. The number of alkyl halides is 2. The Balaban J connectivity index is 2.47. The van der Waals surface area contributed by atoms with E-state index in [1.165, 1.54) is 19.4 Å². The fourth-order valence-electron chi connectivity index (χ4n) is 2.25. The molecule has 0 atom stereocenters. The lowest BCUT2D eigenvalue weighted by molar-refractivity contribution is 0.0636. The fraction of sp³-hybridized carbons (Fsp3) is 0.333. The molecule has 0 aliphatic carbocycles. The Morgan fingerprint density at radius 2 is 2.00 bits per heavy atom. The predicted octanol–water partition coefficient (Wildman–Crippen LogP) is 4.25. The number of methoxy groups -OCH3 is 1. The van der Waals surface area contributed by atoms with E-state index in [1.54, 1.807) is 20.8 Å². The molecule has 1 N–H and O–H groups in total. The SMILES string of the molecule is COc1cc(C(F)F)ncc1-c1nccc(NC(=O)OC(C)(C)C)c1C=O. The number of halogens is 2. The number of amides is 1. The first-order chi connectivity index (χ1) is 12.7. The van der Waals surface area contributed by atoms with Crippen molar-refractivity contribution in [3.05, 3.63) is 35.8 Å². The van der Waals surface area contributed by atoms with Gasteiger partial charge in [-0.3, -0.25) is 20.1 Å². The number of hydrogen-bond donors (Lipinski definition) is 1. The van der Waals surface area contributed by atoms with Gasteiger partial charge in [-0.15, -0.1) is 0 Å². The zero-order valence-corrected chi connectivity index (χ0v) is 15.2. The molecule has 27 heavy (non-hydrogen) atoms. The molecule has 0 unspecified atom stereocenters. The van der Waals surface area contributed by atoms with Crippen LogP contribution < -0.4 is 10.1 Å². The highest BCUT2D eigenvalue weighted by molar-refractivity contribution is 5.98. The molecule has 0 aliphatic rings. The van der Waals surface area contributed by atoms with Crippen molar-refractivity contribution in [3.63, 3.8) is 0 Å². The molecular weight excluding hydrogens is 360 g/mol. The quantitative estimate of drug-likeness (QED) is 0.781. The van der Waals surface area contributed by atoms with Crippen molar-refractivity contribution < 1.29 is 27.8 Å². The average molecular weight is 379 g/mol. The molecule has 0 saturated carbocycles. The Hall–Kier alpha value is -3.10. The van der Waals surface area contributed by atoms with E-state index in [0.717, 1.165) is 12.3 Å². The number of aldehydes is 1. The van der Waals surface area contributed by atoms with Crippen molar-refractivity contribution in [2.75, 3.05) is 12.4 Å². The lowest BCUT2D eigenvalue weighted by atomic mass is 10.1. The zero-order valence-electron chi connectivity index (χ0n) is 15.2. The largest absolute Gasteiger partial charge is 0.496 e. The van der Waals surface area contributed by atoms with Gasteiger partial charge in [0, 0.05) is 18.5 Å². The minimum absolute atomic E-state index is 0.0354. The third-order valence-electron chi connectivity index (χ3n) is 3.33. The highest BCUT2D eigenvalue weighted by Gasteiger charge is 2.21. The highest BCUT2D eigenvalue weighted by atomic mass is 19.3. The van der Waals surface area contributed by atoms with Crippen LogP contribution in [0.2, 0.25) is 0 Å². The fourth-order valence-corrected chi connectivity index (χ4v) is 2.25. The van der Waals surface area contributed by atoms with Crippen LogP contribution >= 0.6 is 0 Å². The standard InChI is InChI=1S/C18H19F2N3O4/c1-18(2,3)27-17(25)23-12-5-6-21-15(11(12)9-24)10-8-22-13(16(19)20)7-14(10)26-4/h5-9,16H,1-4H3,(H,21,23,25). The smallest absolute Gasteiger partial charge is 0.412 e. The first kappa shape index (κ1) is 20.2. The summed E-state index contributed by atoms with van der Waals surface area (Å²) in [5.41, 5.74) is -0.635. The maximum atomic E-state index is 12.9. The Kier molecular flexibility index (Phi) is 6.04. The van der Waals surface area contributed by atoms with Gasteiger partial charge in [0.25, 0.3) is 6.43 Å². The van der Waals surface area contributed by atoms with Gasteiger partial charge < -0.3 is 9.47 Å². The molecule has 0 bridgehead atoms. The van der Waals surface area contributed by atoms with Crippen LogP contribution in [-0.4, -0.2) is 35.1 Å². The van der Waals surface area contributed by atoms with E-state index in [1.807, 2.05) is 0 Å². The molecule has 2 aromatic rings. The number of nitrogens with zero attached hydrogens (tertiary/aromatic N) is 2. The highest BCUT2D eigenvalue weighted by Crippen LogP contribution is 2.34. The van der Waals surface area contributed by atoms with Crippen molar-refractivity contribution >= 4 is 18.1 Å². The Morgan fingerprint density at radius 3 is 2.56 bits per heavy atom. The molecule has 1 amide bonds.